The van der Waals surface area contributed by atoms with Crippen molar-refractivity contribution in [2.45, 2.75) is 91.1 Å². The summed E-state index contributed by atoms with van der Waals surface area (Å²) in [6, 6.07) is 12.4. The number of aryl methyl sites for hydroxylation is 2. The number of amides is 3. The summed E-state index contributed by atoms with van der Waals surface area (Å²) in [5.74, 6) is -2.34. The van der Waals surface area contributed by atoms with Gasteiger partial charge in [0.1, 0.15) is 29.3 Å². The zero-order valence-electron chi connectivity index (χ0n) is 26.2. The van der Waals surface area contributed by atoms with E-state index < -0.39 is 59.8 Å². The number of hydrogen-bond acceptors (Lipinski definition) is 7. The Morgan fingerprint density at radius 3 is 2.00 bits per heavy atom. The molecule has 10 heteroatoms. The molecular formula is C33H43N3O7. The van der Waals surface area contributed by atoms with Gasteiger partial charge in [0.25, 0.3) is 5.91 Å². The highest BCUT2D eigenvalue weighted by molar-refractivity contribution is 5.95. The van der Waals surface area contributed by atoms with E-state index in [1.165, 1.54) is 0 Å². The van der Waals surface area contributed by atoms with Gasteiger partial charge in [0, 0.05) is 12.5 Å². The summed E-state index contributed by atoms with van der Waals surface area (Å²) >= 11 is 0. The van der Waals surface area contributed by atoms with Crippen LogP contribution in [0.1, 0.15) is 69.8 Å². The van der Waals surface area contributed by atoms with E-state index in [1.807, 2.05) is 44.2 Å². The Hall–Kier alpha value is -4.36. The number of carbonyl (C=O) groups excluding carboxylic acids is 4. The normalized spacial score (nSPS) is 13.5. The van der Waals surface area contributed by atoms with E-state index in [4.69, 9.17) is 15.9 Å². The van der Waals surface area contributed by atoms with Crippen molar-refractivity contribution in [2.75, 3.05) is 6.61 Å². The second kappa shape index (κ2) is 14.7. The summed E-state index contributed by atoms with van der Waals surface area (Å²) in [7, 11) is 0. The van der Waals surface area contributed by atoms with Crippen LogP contribution in [0.3, 0.4) is 0 Å². The molecule has 3 unspecified atom stereocenters. The van der Waals surface area contributed by atoms with Crippen molar-refractivity contribution < 1.29 is 33.8 Å². The van der Waals surface area contributed by atoms with Crippen molar-refractivity contribution in [1.82, 2.24) is 15.5 Å². The van der Waals surface area contributed by atoms with E-state index in [0.29, 0.717) is 5.56 Å². The number of hydrogen-bond donors (Lipinski definition) is 3. The first kappa shape index (κ1) is 34.8. The quantitative estimate of drug-likeness (QED) is 0.217. The highest BCUT2D eigenvalue weighted by atomic mass is 16.6. The van der Waals surface area contributed by atoms with E-state index in [0.717, 1.165) is 21.6 Å². The van der Waals surface area contributed by atoms with Crippen LogP contribution < -0.4 is 10.6 Å². The molecule has 0 saturated carbocycles. The molecule has 3 amide bonds. The van der Waals surface area contributed by atoms with E-state index in [-0.39, 0.29) is 6.42 Å². The third-order valence-corrected chi connectivity index (χ3v) is 6.19. The molecule has 0 aliphatic rings. The average molecular weight is 594 g/mol. The van der Waals surface area contributed by atoms with Crippen LogP contribution in [-0.4, -0.2) is 63.8 Å². The first-order valence-corrected chi connectivity index (χ1v) is 14.0. The summed E-state index contributed by atoms with van der Waals surface area (Å²) in [6.07, 6.45) is 4.97. The lowest BCUT2D eigenvalue weighted by atomic mass is 9.98. The first-order valence-electron chi connectivity index (χ1n) is 14.0. The Morgan fingerprint density at radius 1 is 0.884 bits per heavy atom. The molecule has 10 nitrogen and oxygen atoms in total. The Kier molecular flexibility index (Phi) is 11.9. The predicted molar refractivity (Wildman–Crippen MR) is 163 cm³/mol. The van der Waals surface area contributed by atoms with Gasteiger partial charge in [0.15, 0.2) is 0 Å². The largest absolute Gasteiger partial charge is 0.458 e. The maximum atomic E-state index is 14.1. The van der Waals surface area contributed by atoms with E-state index in [2.05, 4.69) is 16.7 Å². The van der Waals surface area contributed by atoms with E-state index in [9.17, 15) is 24.3 Å². The van der Waals surface area contributed by atoms with Crippen LogP contribution in [0.15, 0.2) is 48.5 Å². The topological polar surface area (TPSA) is 134 Å². The average Bonchev–Trinajstić information content (AvgIpc) is 2.89. The summed E-state index contributed by atoms with van der Waals surface area (Å²) < 4.78 is 10.8. The molecule has 0 spiro atoms. The Labute approximate surface area is 254 Å². The number of nitrogens with one attached hydrogen (secondary N) is 2. The molecule has 43 heavy (non-hydrogen) atoms. The molecule has 3 atom stereocenters. The van der Waals surface area contributed by atoms with Crippen molar-refractivity contribution >= 4 is 23.9 Å². The van der Waals surface area contributed by atoms with Crippen molar-refractivity contribution in [2.24, 2.45) is 0 Å². The lowest BCUT2D eigenvalue weighted by Crippen LogP contribution is -2.54. The number of benzene rings is 2. The Morgan fingerprint density at radius 2 is 1.49 bits per heavy atom. The highest BCUT2D eigenvalue weighted by Gasteiger charge is 2.38. The minimum absolute atomic E-state index is 0.116. The maximum Gasteiger partial charge on any atom is 0.408 e. The predicted octanol–water partition coefficient (Wildman–Crippen LogP) is 3.72. The summed E-state index contributed by atoms with van der Waals surface area (Å²) in [4.78, 5) is 54.2. The number of alkyl carbamates (subject to hydrolysis) is 1. The van der Waals surface area contributed by atoms with Gasteiger partial charge in [-0.3, -0.25) is 14.5 Å². The molecule has 0 aliphatic heterocycles. The molecule has 3 N–H and O–H groups in total. The van der Waals surface area contributed by atoms with Crippen LogP contribution in [0.2, 0.25) is 0 Å². The number of rotatable bonds is 10. The molecule has 0 bridgehead atoms. The highest BCUT2D eigenvalue weighted by Crippen LogP contribution is 2.25. The second-order valence-corrected chi connectivity index (χ2v) is 12.2. The van der Waals surface area contributed by atoms with Gasteiger partial charge in [-0.05, 0) is 77.6 Å². The van der Waals surface area contributed by atoms with E-state index >= 15 is 0 Å². The van der Waals surface area contributed by atoms with Gasteiger partial charge in [0.2, 0.25) is 5.91 Å². The van der Waals surface area contributed by atoms with Crippen molar-refractivity contribution in [3.8, 4) is 12.5 Å². The number of ether oxygens (including phenoxy) is 2. The number of nitrogens with zero attached hydrogens (tertiary/aromatic N) is 1. The monoisotopic (exact) mass is 593 g/mol. The van der Waals surface area contributed by atoms with Crippen molar-refractivity contribution in [3.63, 3.8) is 0 Å². The molecular weight excluding hydrogens is 550 g/mol. The van der Waals surface area contributed by atoms with Gasteiger partial charge < -0.3 is 25.2 Å². The fourth-order valence-electron chi connectivity index (χ4n) is 4.09. The zero-order chi connectivity index (χ0) is 32.5. The van der Waals surface area contributed by atoms with Crippen molar-refractivity contribution in [1.29, 1.82) is 0 Å². The zero-order valence-corrected chi connectivity index (χ0v) is 26.2. The molecule has 2 rings (SSSR count). The molecule has 2 aromatic rings. The summed E-state index contributed by atoms with van der Waals surface area (Å²) in [6.45, 7) is 13.0. The first-order chi connectivity index (χ1) is 20.0. The van der Waals surface area contributed by atoms with Crippen LogP contribution in [0.5, 0.6) is 0 Å². The molecule has 0 heterocycles. The minimum Gasteiger partial charge on any atom is -0.458 e. The van der Waals surface area contributed by atoms with Crippen LogP contribution in [0.25, 0.3) is 0 Å². The smallest absolute Gasteiger partial charge is 0.408 e. The molecule has 0 radical (unpaired) electrons. The Balaban J connectivity index is 2.52. The maximum absolute atomic E-state index is 14.1. The lowest BCUT2D eigenvalue weighted by Gasteiger charge is -2.31. The molecule has 0 aliphatic carbocycles. The summed E-state index contributed by atoms with van der Waals surface area (Å²) in [5, 5.41) is 15.1. The summed E-state index contributed by atoms with van der Waals surface area (Å²) in [5.41, 5.74) is 1.22. The second-order valence-electron chi connectivity index (χ2n) is 12.2. The SMILES string of the molecule is C#CN(C(=O)C(CO)NC(=O)OC(C)(C)C)C(C(=O)NC(Cc1ccccc1)C(=O)OC(C)(C)C)c1ccc(C)c(C)c1. The van der Waals surface area contributed by atoms with Gasteiger partial charge in [-0.1, -0.05) is 55.0 Å². The van der Waals surface area contributed by atoms with Gasteiger partial charge >= 0.3 is 12.1 Å². The fourth-order valence-corrected chi connectivity index (χ4v) is 4.09. The van der Waals surface area contributed by atoms with Gasteiger partial charge in [0.05, 0.1) is 6.61 Å². The van der Waals surface area contributed by atoms with Gasteiger partial charge in [-0.25, -0.2) is 9.59 Å². The van der Waals surface area contributed by atoms with Crippen LogP contribution >= 0.6 is 0 Å². The van der Waals surface area contributed by atoms with E-state index in [1.54, 1.807) is 59.7 Å². The molecule has 0 fully saturated rings. The van der Waals surface area contributed by atoms with Gasteiger partial charge in [-0.2, -0.15) is 0 Å². The standard InChI is InChI=1S/C33H43N3O7/c1-10-36(29(39)26(20-37)35-31(41)43-33(7,8)9)27(24-17-16-21(2)22(3)18-24)28(38)34-25(30(40)42-32(4,5)6)19-23-14-12-11-13-15-23/h1,11-18,25-27,37H,19-20H2,2-9H3,(H,34,38)(H,35,41). The molecule has 2 aromatic carbocycles. The number of aliphatic hydroxyl groups is 1. The van der Waals surface area contributed by atoms with Crippen LogP contribution in [-0.2, 0) is 30.3 Å². The number of carbonyl (C=O) groups is 4. The van der Waals surface area contributed by atoms with Crippen LogP contribution in [0.4, 0.5) is 4.79 Å². The minimum atomic E-state index is -1.52. The van der Waals surface area contributed by atoms with Crippen molar-refractivity contribution in [3.05, 3.63) is 70.8 Å². The van der Waals surface area contributed by atoms with Crippen LogP contribution in [0, 0.1) is 26.3 Å². The molecule has 0 saturated heterocycles. The third kappa shape index (κ3) is 10.8. The molecule has 0 aromatic heterocycles. The third-order valence-electron chi connectivity index (χ3n) is 6.19. The number of terminal acetylenes is 1. The Bertz CT molecular complexity index is 1340. The molecule has 232 valence electrons. The number of aliphatic hydroxyl groups excluding tert-OH is 1. The fraction of sp³-hybridized carbons (Fsp3) is 0.455. The lowest BCUT2D eigenvalue weighted by molar-refractivity contribution is -0.159. The van der Waals surface area contributed by atoms with Gasteiger partial charge in [-0.15, -0.1) is 0 Å². The number of esters is 1.